The number of carbonyl (C=O) groups is 1. The quantitative estimate of drug-likeness (QED) is 0.399. The Hall–Kier alpha value is -1.94. The molecule has 3 rings (SSSR count). The summed E-state index contributed by atoms with van der Waals surface area (Å²) in [5.74, 6) is 0.439. The van der Waals surface area contributed by atoms with Crippen LogP contribution in [0, 0.1) is 5.41 Å². The number of hydrogen-bond acceptors (Lipinski definition) is 3. The van der Waals surface area contributed by atoms with Gasteiger partial charge in [0.2, 0.25) is 0 Å². The van der Waals surface area contributed by atoms with Crippen molar-refractivity contribution in [1.29, 1.82) is 0 Å². The molecule has 3 nitrogen and oxygen atoms in total. The Morgan fingerprint density at radius 3 is 2.57 bits per heavy atom. The number of aromatic amines is 1. The number of carbonyl (C=O) groups excluding carboxylic acids is 1. The molecule has 0 atom stereocenters. The first-order chi connectivity index (χ1) is 10.9. The summed E-state index contributed by atoms with van der Waals surface area (Å²) in [5, 5.41) is 2.34. The van der Waals surface area contributed by atoms with Gasteiger partial charge in [0, 0.05) is 16.3 Å². The highest BCUT2D eigenvalue weighted by Crippen LogP contribution is 2.38. The van der Waals surface area contributed by atoms with Crippen molar-refractivity contribution in [1.82, 2.24) is 4.98 Å². The summed E-state index contributed by atoms with van der Waals surface area (Å²) >= 11 is 1.59. The Balaban J connectivity index is 2.05. The van der Waals surface area contributed by atoms with Crippen LogP contribution in [0.2, 0.25) is 0 Å². The fourth-order valence-electron chi connectivity index (χ4n) is 2.75. The smallest absolute Gasteiger partial charge is 0.311 e. The maximum Gasteiger partial charge on any atom is 0.311 e. The van der Waals surface area contributed by atoms with Crippen LogP contribution in [0.4, 0.5) is 0 Å². The molecular weight excluding hydrogens is 306 g/mol. The molecule has 0 unspecified atom stereocenters. The predicted molar refractivity (Wildman–Crippen MR) is 97.3 cm³/mol. The molecule has 0 spiro atoms. The topological polar surface area (TPSA) is 42.1 Å². The zero-order chi connectivity index (χ0) is 16.6. The first kappa shape index (κ1) is 15.9. The molecule has 1 aromatic heterocycles. The minimum Gasteiger partial charge on any atom is -0.425 e. The average Bonchev–Trinajstić information content (AvgIpc) is 2.83. The number of ether oxygens (including phenoxy) is 1. The number of thioether (sulfide) groups is 1. The van der Waals surface area contributed by atoms with Gasteiger partial charge in [0.15, 0.2) is 0 Å². The second-order valence-electron chi connectivity index (χ2n) is 6.90. The zero-order valence-corrected chi connectivity index (χ0v) is 14.7. The minimum absolute atomic E-state index is 0.0815. The Morgan fingerprint density at radius 1 is 1.13 bits per heavy atom. The van der Waals surface area contributed by atoms with E-state index in [1.165, 1.54) is 5.39 Å². The van der Waals surface area contributed by atoms with Gasteiger partial charge in [-0.25, -0.2) is 0 Å². The normalized spacial score (nSPS) is 12.0. The molecule has 23 heavy (non-hydrogen) atoms. The molecule has 0 bridgehead atoms. The van der Waals surface area contributed by atoms with Crippen molar-refractivity contribution >= 4 is 39.5 Å². The molecule has 0 amide bonds. The van der Waals surface area contributed by atoms with E-state index >= 15 is 0 Å². The van der Waals surface area contributed by atoms with Gasteiger partial charge in [0.1, 0.15) is 5.75 Å². The number of benzene rings is 2. The van der Waals surface area contributed by atoms with Crippen molar-refractivity contribution < 1.29 is 9.53 Å². The fraction of sp³-hybridized carbons (Fsp3) is 0.316. The summed E-state index contributed by atoms with van der Waals surface area (Å²) in [6.07, 6.45) is 2.40. The molecule has 4 heteroatoms. The number of H-pyrrole nitrogens is 1. The van der Waals surface area contributed by atoms with Crippen molar-refractivity contribution in [2.45, 2.75) is 32.1 Å². The molecule has 0 saturated heterocycles. The van der Waals surface area contributed by atoms with Gasteiger partial charge < -0.3 is 9.72 Å². The number of aromatic nitrogens is 1. The molecule has 0 aliphatic heterocycles. The van der Waals surface area contributed by atoms with E-state index in [1.807, 2.05) is 51.3 Å². The number of rotatable bonds is 3. The molecule has 1 heterocycles. The lowest BCUT2D eigenvalue weighted by Crippen LogP contribution is -2.17. The van der Waals surface area contributed by atoms with Crippen LogP contribution in [0.1, 0.15) is 27.2 Å². The summed E-state index contributed by atoms with van der Waals surface area (Å²) in [5.41, 5.74) is 2.04. The largest absolute Gasteiger partial charge is 0.425 e. The van der Waals surface area contributed by atoms with Crippen molar-refractivity contribution in [2.75, 3.05) is 6.26 Å². The summed E-state index contributed by atoms with van der Waals surface area (Å²) in [4.78, 5) is 16.6. The highest BCUT2D eigenvalue weighted by atomic mass is 32.2. The van der Waals surface area contributed by atoms with Crippen LogP contribution in [0.3, 0.4) is 0 Å². The summed E-state index contributed by atoms with van der Waals surface area (Å²) in [6, 6.07) is 12.1. The molecule has 120 valence electrons. The van der Waals surface area contributed by atoms with E-state index in [-0.39, 0.29) is 11.4 Å². The number of hydrogen-bond donors (Lipinski definition) is 1. The van der Waals surface area contributed by atoms with Crippen LogP contribution in [0.15, 0.2) is 41.3 Å². The van der Waals surface area contributed by atoms with Crippen LogP contribution in [-0.2, 0) is 4.79 Å². The lowest BCUT2D eigenvalue weighted by atomic mass is 9.92. The van der Waals surface area contributed by atoms with Crippen LogP contribution in [-0.4, -0.2) is 17.2 Å². The number of fused-ring (bicyclic) bond motifs is 3. The highest BCUT2D eigenvalue weighted by Gasteiger charge is 2.20. The predicted octanol–water partition coefficient (Wildman–Crippen LogP) is 5.38. The minimum atomic E-state index is -0.191. The van der Waals surface area contributed by atoms with E-state index in [0.29, 0.717) is 12.2 Å². The van der Waals surface area contributed by atoms with Gasteiger partial charge >= 0.3 is 5.97 Å². The lowest BCUT2D eigenvalue weighted by molar-refractivity contribution is -0.136. The molecule has 0 fully saturated rings. The van der Waals surface area contributed by atoms with Crippen molar-refractivity contribution in [3.63, 3.8) is 0 Å². The maximum absolute atomic E-state index is 12.2. The Labute approximate surface area is 140 Å². The number of para-hydroxylation sites is 1. The highest BCUT2D eigenvalue weighted by molar-refractivity contribution is 7.99. The monoisotopic (exact) mass is 327 g/mol. The fourth-order valence-corrected chi connectivity index (χ4v) is 3.42. The van der Waals surface area contributed by atoms with Crippen molar-refractivity contribution in [2.24, 2.45) is 5.41 Å². The first-order valence-electron chi connectivity index (χ1n) is 7.67. The van der Waals surface area contributed by atoms with E-state index < -0.39 is 0 Å². The van der Waals surface area contributed by atoms with Gasteiger partial charge in [-0.15, -0.1) is 11.8 Å². The second-order valence-corrected chi connectivity index (χ2v) is 7.72. The standard InChI is InChI=1S/C19H21NO2S/c1-19(2,3)11-16(21)22-15-10-9-13-12-7-5-6-8-14(12)20-17(13)18(15)23-4/h5-10,20H,11H2,1-4H3. The average molecular weight is 327 g/mol. The molecule has 2 aromatic carbocycles. The van der Waals surface area contributed by atoms with Gasteiger partial charge in [-0.05, 0) is 29.9 Å². The molecule has 0 aliphatic carbocycles. The second kappa shape index (κ2) is 5.93. The molecular formula is C19H21NO2S. The van der Waals surface area contributed by atoms with E-state index in [1.54, 1.807) is 11.8 Å². The molecule has 0 radical (unpaired) electrons. The van der Waals surface area contributed by atoms with Crippen LogP contribution in [0.5, 0.6) is 5.75 Å². The SMILES string of the molecule is CSc1c(OC(=O)CC(C)(C)C)ccc2c1[nH]c1ccccc12. The van der Waals surface area contributed by atoms with Crippen LogP contribution in [0.25, 0.3) is 21.8 Å². The molecule has 3 aromatic rings. The van der Waals surface area contributed by atoms with E-state index in [9.17, 15) is 4.79 Å². The van der Waals surface area contributed by atoms with Gasteiger partial charge in [-0.3, -0.25) is 4.79 Å². The third-order valence-corrected chi connectivity index (χ3v) is 4.51. The summed E-state index contributed by atoms with van der Waals surface area (Å²) < 4.78 is 5.64. The third-order valence-electron chi connectivity index (χ3n) is 3.70. The molecule has 0 aliphatic rings. The lowest BCUT2D eigenvalue weighted by Gasteiger charge is -2.17. The zero-order valence-electron chi connectivity index (χ0n) is 13.9. The van der Waals surface area contributed by atoms with Gasteiger partial charge in [-0.2, -0.15) is 0 Å². The first-order valence-corrected chi connectivity index (χ1v) is 8.89. The molecule has 1 N–H and O–H groups in total. The van der Waals surface area contributed by atoms with E-state index in [2.05, 4.69) is 17.1 Å². The van der Waals surface area contributed by atoms with Crippen molar-refractivity contribution in [3.05, 3.63) is 36.4 Å². The maximum atomic E-state index is 12.2. The van der Waals surface area contributed by atoms with E-state index in [0.717, 1.165) is 21.3 Å². The van der Waals surface area contributed by atoms with Gasteiger partial charge in [-0.1, -0.05) is 39.0 Å². The number of nitrogens with one attached hydrogen (secondary N) is 1. The van der Waals surface area contributed by atoms with Gasteiger partial charge in [0.05, 0.1) is 16.8 Å². The third kappa shape index (κ3) is 3.22. The Morgan fingerprint density at radius 2 is 1.87 bits per heavy atom. The number of esters is 1. The van der Waals surface area contributed by atoms with Crippen LogP contribution >= 0.6 is 11.8 Å². The van der Waals surface area contributed by atoms with E-state index in [4.69, 9.17) is 4.74 Å². The summed E-state index contributed by atoms with van der Waals surface area (Å²) in [7, 11) is 0. The Bertz CT molecular complexity index is 874. The van der Waals surface area contributed by atoms with Gasteiger partial charge in [0.25, 0.3) is 0 Å². The van der Waals surface area contributed by atoms with Crippen molar-refractivity contribution in [3.8, 4) is 5.75 Å². The summed E-state index contributed by atoms with van der Waals surface area (Å²) in [6.45, 7) is 6.10. The Kier molecular flexibility index (Phi) is 4.11. The van der Waals surface area contributed by atoms with Crippen LogP contribution < -0.4 is 4.74 Å². The molecule has 0 saturated carbocycles.